The van der Waals surface area contributed by atoms with Crippen molar-refractivity contribution in [1.29, 1.82) is 0 Å². The van der Waals surface area contributed by atoms with E-state index in [9.17, 15) is 9.59 Å². The van der Waals surface area contributed by atoms with Gasteiger partial charge in [-0.3, -0.25) is 14.6 Å². The van der Waals surface area contributed by atoms with Crippen LogP contribution >= 0.6 is 0 Å². The molecule has 0 saturated carbocycles. The number of amides is 2. The van der Waals surface area contributed by atoms with Crippen LogP contribution in [0, 0.1) is 0 Å². The highest BCUT2D eigenvalue weighted by molar-refractivity contribution is 5.95. The highest BCUT2D eigenvalue weighted by Gasteiger charge is 2.19. The molecular formula is C27H29N3O4. The van der Waals surface area contributed by atoms with E-state index in [1.807, 2.05) is 48.2 Å². The fourth-order valence-electron chi connectivity index (χ4n) is 3.88. The van der Waals surface area contributed by atoms with Gasteiger partial charge in [0.2, 0.25) is 0 Å². The number of nitrogens with zero attached hydrogens (tertiary/aromatic N) is 2. The van der Waals surface area contributed by atoms with Crippen LogP contribution in [0.2, 0.25) is 0 Å². The van der Waals surface area contributed by atoms with Gasteiger partial charge in [-0.1, -0.05) is 18.2 Å². The number of benzene rings is 2. The first-order valence-electron chi connectivity index (χ1n) is 11.6. The molecule has 0 spiro atoms. The second-order valence-electron chi connectivity index (χ2n) is 8.13. The number of aromatic nitrogens is 1. The fraction of sp³-hybridized carbons (Fsp3) is 0.296. The summed E-state index contributed by atoms with van der Waals surface area (Å²) in [5.41, 5.74) is 2.95. The van der Waals surface area contributed by atoms with Crippen LogP contribution in [0.25, 0.3) is 0 Å². The number of pyridine rings is 1. The number of carbonyl (C=O) groups excluding carboxylic acids is 2. The van der Waals surface area contributed by atoms with E-state index in [1.54, 1.807) is 30.6 Å². The summed E-state index contributed by atoms with van der Waals surface area (Å²) in [4.78, 5) is 31.4. The Hall–Kier alpha value is -3.87. The quantitative estimate of drug-likeness (QED) is 0.518. The molecule has 2 heterocycles. The minimum absolute atomic E-state index is 0.0499. The topological polar surface area (TPSA) is 80.8 Å². The lowest BCUT2D eigenvalue weighted by Crippen LogP contribution is -2.28. The lowest BCUT2D eigenvalue weighted by molar-refractivity contribution is 0.0792. The molecule has 7 heteroatoms. The number of hydrogen-bond acceptors (Lipinski definition) is 5. The monoisotopic (exact) mass is 459 g/mol. The maximum absolute atomic E-state index is 12.8. The van der Waals surface area contributed by atoms with Gasteiger partial charge in [-0.25, -0.2) is 0 Å². The lowest BCUT2D eigenvalue weighted by Gasteiger charge is -2.16. The standard InChI is InChI=1S/C27H29N3O4/c1-2-33-25-16-22(10-11-24(25)34-19-21-8-6-12-28-17-21)26(31)29-18-20-7-5-9-23(15-20)27(32)30-13-3-4-14-30/h5-12,15-17H,2-4,13-14,18-19H2,1H3,(H,29,31). The molecule has 1 N–H and O–H groups in total. The van der Waals surface area contributed by atoms with Crippen LogP contribution in [0.15, 0.2) is 67.0 Å². The van der Waals surface area contributed by atoms with E-state index in [1.165, 1.54) is 0 Å². The van der Waals surface area contributed by atoms with Gasteiger partial charge in [0.25, 0.3) is 11.8 Å². The van der Waals surface area contributed by atoms with Crippen LogP contribution in [0.5, 0.6) is 11.5 Å². The normalized spacial score (nSPS) is 12.9. The molecule has 176 valence electrons. The number of nitrogens with one attached hydrogen (secondary N) is 1. The summed E-state index contributed by atoms with van der Waals surface area (Å²) >= 11 is 0. The summed E-state index contributed by atoms with van der Waals surface area (Å²) in [7, 11) is 0. The highest BCUT2D eigenvalue weighted by Crippen LogP contribution is 2.29. The summed E-state index contributed by atoms with van der Waals surface area (Å²) in [6.07, 6.45) is 5.57. The first-order chi connectivity index (χ1) is 16.6. The van der Waals surface area contributed by atoms with Crippen LogP contribution in [-0.4, -0.2) is 41.4 Å². The van der Waals surface area contributed by atoms with Gasteiger partial charge in [0.15, 0.2) is 11.5 Å². The minimum Gasteiger partial charge on any atom is -0.490 e. The SMILES string of the molecule is CCOc1cc(C(=O)NCc2cccc(C(=O)N3CCCC3)c2)ccc1OCc1cccnc1. The largest absolute Gasteiger partial charge is 0.490 e. The Morgan fingerprint density at radius 3 is 2.53 bits per heavy atom. The number of carbonyl (C=O) groups is 2. The van der Waals surface area contributed by atoms with E-state index in [0.717, 1.165) is 37.1 Å². The molecule has 1 aromatic heterocycles. The predicted molar refractivity (Wildman–Crippen MR) is 129 cm³/mol. The van der Waals surface area contributed by atoms with Crippen molar-refractivity contribution in [3.8, 4) is 11.5 Å². The summed E-state index contributed by atoms with van der Waals surface area (Å²) in [5.74, 6) is 0.901. The van der Waals surface area contributed by atoms with E-state index in [0.29, 0.717) is 42.4 Å². The lowest BCUT2D eigenvalue weighted by atomic mass is 10.1. The molecule has 0 bridgehead atoms. The van der Waals surface area contributed by atoms with E-state index >= 15 is 0 Å². The smallest absolute Gasteiger partial charge is 0.253 e. The molecular weight excluding hydrogens is 430 g/mol. The van der Waals surface area contributed by atoms with Crippen molar-refractivity contribution >= 4 is 11.8 Å². The Morgan fingerprint density at radius 2 is 1.76 bits per heavy atom. The van der Waals surface area contributed by atoms with E-state index in [4.69, 9.17) is 9.47 Å². The Kier molecular flexibility index (Phi) is 7.75. The number of likely N-dealkylation sites (tertiary alicyclic amines) is 1. The molecule has 1 fully saturated rings. The summed E-state index contributed by atoms with van der Waals surface area (Å²) in [6, 6.07) is 16.4. The highest BCUT2D eigenvalue weighted by atomic mass is 16.5. The van der Waals surface area contributed by atoms with Gasteiger partial charge in [0.1, 0.15) is 6.61 Å². The van der Waals surface area contributed by atoms with Crippen molar-refractivity contribution in [3.63, 3.8) is 0 Å². The first-order valence-corrected chi connectivity index (χ1v) is 11.6. The van der Waals surface area contributed by atoms with E-state index in [-0.39, 0.29) is 11.8 Å². The second kappa shape index (κ2) is 11.3. The van der Waals surface area contributed by atoms with Crippen LogP contribution in [0.4, 0.5) is 0 Å². The number of hydrogen-bond donors (Lipinski definition) is 1. The molecule has 1 aliphatic heterocycles. The van der Waals surface area contributed by atoms with Gasteiger partial charge in [0, 0.05) is 48.7 Å². The molecule has 0 radical (unpaired) electrons. The van der Waals surface area contributed by atoms with Crippen molar-refractivity contribution < 1.29 is 19.1 Å². The Bertz CT molecular complexity index is 1130. The maximum atomic E-state index is 12.8. The van der Waals surface area contributed by atoms with E-state index < -0.39 is 0 Å². The first kappa shape index (κ1) is 23.3. The van der Waals surface area contributed by atoms with Gasteiger partial charge < -0.3 is 19.7 Å². The molecule has 1 aliphatic rings. The van der Waals surface area contributed by atoms with Crippen molar-refractivity contribution in [2.75, 3.05) is 19.7 Å². The molecule has 2 aromatic carbocycles. The summed E-state index contributed by atoms with van der Waals surface area (Å²) in [5, 5.41) is 2.93. The van der Waals surface area contributed by atoms with Crippen LogP contribution < -0.4 is 14.8 Å². The Balaban J connectivity index is 1.39. The number of ether oxygens (including phenoxy) is 2. The van der Waals surface area contributed by atoms with Crippen molar-refractivity contribution in [3.05, 3.63) is 89.2 Å². The van der Waals surface area contributed by atoms with Crippen LogP contribution in [0.3, 0.4) is 0 Å². The number of rotatable bonds is 9. The molecule has 0 unspecified atom stereocenters. The summed E-state index contributed by atoms with van der Waals surface area (Å²) in [6.45, 7) is 4.63. The maximum Gasteiger partial charge on any atom is 0.253 e. The molecule has 1 saturated heterocycles. The van der Waals surface area contributed by atoms with Gasteiger partial charge in [-0.15, -0.1) is 0 Å². The third-order valence-corrected chi connectivity index (χ3v) is 5.64. The fourth-order valence-corrected chi connectivity index (χ4v) is 3.88. The Morgan fingerprint density at radius 1 is 0.941 bits per heavy atom. The molecule has 0 aliphatic carbocycles. The summed E-state index contributed by atoms with van der Waals surface area (Å²) < 4.78 is 11.6. The predicted octanol–water partition coefficient (Wildman–Crippen LogP) is 4.23. The van der Waals surface area contributed by atoms with Crippen LogP contribution in [0.1, 0.15) is 51.6 Å². The third kappa shape index (κ3) is 5.92. The zero-order chi connectivity index (χ0) is 23.8. The van der Waals surface area contributed by atoms with Gasteiger partial charge >= 0.3 is 0 Å². The average Bonchev–Trinajstić information content (AvgIpc) is 3.42. The molecule has 4 rings (SSSR count). The van der Waals surface area contributed by atoms with Crippen LogP contribution in [-0.2, 0) is 13.2 Å². The van der Waals surface area contributed by atoms with Gasteiger partial charge in [-0.05, 0) is 61.7 Å². The molecule has 7 nitrogen and oxygen atoms in total. The van der Waals surface area contributed by atoms with Crippen molar-refractivity contribution in [1.82, 2.24) is 15.2 Å². The third-order valence-electron chi connectivity index (χ3n) is 5.64. The van der Waals surface area contributed by atoms with Crippen molar-refractivity contribution in [2.45, 2.75) is 32.9 Å². The van der Waals surface area contributed by atoms with Gasteiger partial charge in [-0.2, -0.15) is 0 Å². The Labute approximate surface area is 199 Å². The van der Waals surface area contributed by atoms with Gasteiger partial charge in [0.05, 0.1) is 6.61 Å². The minimum atomic E-state index is -0.226. The molecule has 2 amide bonds. The van der Waals surface area contributed by atoms with E-state index in [2.05, 4.69) is 10.3 Å². The average molecular weight is 460 g/mol. The zero-order valence-electron chi connectivity index (χ0n) is 19.3. The second-order valence-corrected chi connectivity index (χ2v) is 8.13. The molecule has 0 atom stereocenters. The molecule has 34 heavy (non-hydrogen) atoms. The van der Waals surface area contributed by atoms with Crippen molar-refractivity contribution in [2.24, 2.45) is 0 Å². The zero-order valence-corrected chi connectivity index (χ0v) is 19.3. The molecule has 3 aromatic rings.